The molecule has 4 aromatic carbocycles. The van der Waals surface area contributed by atoms with Gasteiger partial charge in [0.05, 0.1) is 17.1 Å². The molecule has 0 saturated heterocycles. The number of para-hydroxylation sites is 1. The van der Waals surface area contributed by atoms with Crippen LogP contribution in [0.1, 0.15) is 5.56 Å². The minimum atomic E-state index is 0.712. The number of benzene rings is 4. The van der Waals surface area contributed by atoms with E-state index in [0.717, 1.165) is 28.2 Å². The number of rotatable bonds is 3. The molecule has 28 heavy (non-hydrogen) atoms. The number of amidine groups is 1. The lowest BCUT2D eigenvalue weighted by Gasteiger charge is -2.29. The molecule has 133 valence electrons. The fourth-order valence-electron chi connectivity index (χ4n) is 3.36. The van der Waals surface area contributed by atoms with Crippen molar-refractivity contribution >= 4 is 22.9 Å². The third-order valence-electron chi connectivity index (χ3n) is 4.76. The highest BCUT2D eigenvalue weighted by atomic mass is 15.5. The minimum absolute atomic E-state index is 0.712. The molecule has 0 bridgehead atoms. The second-order valence-electron chi connectivity index (χ2n) is 6.62. The summed E-state index contributed by atoms with van der Waals surface area (Å²) in [5.74, 6) is 0.712. The van der Waals surface area contributed by atoms with Crippen LogP contribution in [0.2, 0.25) is 0 Å². The molecule has 0 unspecified atom stereocenters. The molecule has 0 saturated carbocycles. The Morgan fingerprint density at radius 3 is 1.82 bits per heavy atom. The highest BCUT2D eigenvalue weighted by Gasteiger charge is 2.23. The van der Waals surface area contributed by atoms with Crippen LogP contribution >= 0.6 is 0 Å². The van der Waals surface area contributed by atoms with E-state index in [0.29, 0.717) is 5.84 Å². The van der Waals surface area contributed by atoms with Gasteiger partial charge < -0.3 is 0 Å². The fourth-order valence-corrected chi connectivity index (χ4v) is 3.36. The first-order valence-corrected chi connectivity index (χ1v) is 9.29. The maximum absolute atomic E-state index is 4.88. The van der Waals surface area contributed by atoms with E-state index in [-0.39, 0.29) is 0 Å². The predicted octanol–water partition coefficient (Wildman–Crippen LogP) is 6.10. The molecule has 0 amide bonds. The van der Waals surface area contributed by atoms with Gasteiger partial charge in [0.2, 0.25) is 0 Å². The SMILES string of the molecule is c1ccc(C2=Nc3ccc(-c4ccccc4)cc3N(c3ccccc3)[N]2)cc1. The van der Waals surface area contributed by atoms with Crippen LogP contribution in [0.5, 0.6) is 0 Å². The van der Waals surface area contributed by atoms with Gasteiger partial charge in [-0.25, -0.2) is 10.0 Å². The van der Waals surface area contributed by atoms with Crippen molar-refractivity contribution in [2.24, 2.45) is 4.99 Å². The molecular formula is C25H18N3. The van der Waals surface area contributed by atoms with Crippen LogP contribution in [-0.4, -0.2) is 5.84 Å². The molecule has 0 aliphatic carbocycles. The van der Waals surface area contributed by atoms with Crippen molar-refractivity contribution in [2.45, 2.75) is 0 Å². The van der Waals surface area contributed by atoms with E-state index in [1.54, 1.807) is 0 Å². The molecule has 0 aromatic heterocycles. The van der Waals surface area contributed by atoms with E-state index in [1.165, 1.54) is 5.56 Å². The van der Waals surface area contributed by atoms with Crippen molar-refractivity contribution in [2.75, 3.05) is 5.01 Å². The van der Waals surface area contributed by atoms with E-state index in [4.69, 9.17) is 10.4 Å². The molecule has 1 radical (unpaired) electrons. The third-order valence-corrected chi connectivity index (χ3v) is 4.76. The Balaban J connectivity index is 1.66. The Morgan fingerprint density at radius 1 is 0.536 bits per heavy atom. The van der Waals surface area contributed by atoms with Gasteiger partial charge in [-0.1, -0.05) is 84.9 Å². The van der Waals surface area contributed by atoms with Crippen molar-refractivity contribution in [3.63, 3.8) is 0 Å². The van der Waals surface area contributed by atoms with Gasteiger partial charge in [-0.05, 0) is 35.4 Å². The Labute approximate surface area is 164 Å². The molecule has 0 atom stereocenters. The first-order valence-electron chi connectivity index (χ1n) is 9.29. The monoisotopic (exact) mass is 360 g/mol. The number of hydrogen-bond donors (Lipinski definition) is 0. The molecule has 3 nitrogen and oxygen atoms in total. The Bertz CT molecular complexity index is 1120. The smallest absolute Gasteiger partial charge is 0.180 e. The Morgan fingerprint density at radius 2 is 1.14 bits per heavy atom. The van der Waals surface area contributed by atoms with Gasteiger partial charge in [-0.3, -0.25) is 0 Å². The van der Waals surface area contributed by atoms with Gasteiger partial charge in [0.25, 0.3) is 0 Å². The fraction of sp³-hybridized carbons (Fsp3) is 0. The van der Waals surface area contributed by atoms with Gasteiger partial charge in [-0.2, -0.15) is 0 Å². The normalized spacial score (nSPS) is 12.7. The zero-order chi connectivity index (χ0) is 18.8. The van der Waals surface area contributed by atoms with Crippen molar-refractivity contribution in [1.82, 2.24) is 5.43 Å². The first-order chi connectivity index (χ1) is 13.9. The number of aliphatic imine (C=N–C) groups is 1. The summed E-state index contributed by atoms with van der Waals surface area (Å²) in [7, 11) is 0. The van der Waals surface area contributed by atoms with Crippen LogP contribution in [0.4, 0.5) is 17.1 Å². The number of fused-ring (bicyclic) bond motifs is 1. The second-order valence-corrected chi connectivity index (χ2v) is 6.62. The molecular weight excluding hydrogens is 342 g/mol. The maximum Gasteiger partial charge on any atom is 0.180 e. The van der Waals surface area contributed by atoms with Gasteiger partial charge in [-0.15, -0.1) is 5.43 Å². The van der Waals surface area contributed by atoms with E-state index < -0.39 is 0 Å². The lowest BCUT2D eigenvalue weighted by atomic mass is 10.0. The van der Waals surface area contributed by atoms with Crippen LogP contribution in [0.3, 0.4) is 0 Å². The Kier molecular flexibility index (Phi) is 4.11. The Hall–Kier alpha value is -3.85. The number of hydrogen-bond acceptors (Lipinski definition) is 2. The quantitative estimate of drug-likeness (QED) is 0.434. The average Bonchev–Trinajstić information content (AvgIpc) is 2.80. The first kappa shape index (κ1) is 16.3. The summed E-state index contributed by atoms with van der Waals surface area (Å²) >= 11 is 0. The van der Waals surface area contributed by atoms with E-state index in [1.807, 2.05) is 59.6 Å². The van der Waals surface area contributed by atoms with Gasteiger partial charge in [0.15, 0.2) is 5.84 Å². The summed E-state index contributed by atoms with van der Waals surface area (Å²) in [4.78, 5) is 4.83. The summed E-state index contributed by atoms with van der Waals surface area (Å²) in [5.41, 5.74) is 11.1. The molecule has 1 heterocycles. The molecule has 4 aromatic rings. The molecule has 0 fully saturated rings. The highest BCUT2D eigenvalue weighted by molar-refractivity contribution is 6.05. The molecule has 1 aliphatic heterocycles. The van der Waals surface area contributed by atoms with Crippen LogP contribution in [0, 0.1) is 0 Å². The van der Waals surface area contributed by atoms with Gasteiger partial charge in [0, 0.05) is 5.56 Å². The molecule has 0 spiro atoms. The van der Waals surface area contributed by atoms with E-state index in [2.05, 4.69) is 54.6 Å². The molecule has 0 N–H and O–H groups in total. The number of anilines is 2. The summed E-state index contributed by atoms with van der Waals surface area (Å²) in [6, 6.07) is 37.0. The minimum Gasteiger partial charge on any atom is -0.229 e. The summed E-state index contributed by atoms with van der Waals surface area (Å²) < 4.78 is 0. The predicted molar refractivity (Wildman–Crippen MR) is 115 cm³/mol. The number of nitrogens with zero attached hydrogens (tertiary/aromatic N) is 3. The second kappa shape index (κ2) is 7.05. The molecule has 5 rings (SSSR count). The summed E-state index contributed by atoms with van der Waals surface area (Å²) in [6.45, 7) is 0. The lowest BCUT2D eigenvalue weighted by molar-refractivity contribution is 0.899. The molecule has 3 heteroatoms. The van der Waals surface area contributed by atoms with E-state index >= 15 is 0 Å². The third kappa shape index (κ3) is 3.03. The average molecular weight is 360 g/mol. The van der Waals surface area contributed by atoms with Gasteiger partial charge >= 0.3 is 0 Å². The summed E-state index contributed by atoms with van der Waals surface area (Å²) in [6.07, 6.45) is 0. The van der Waals surface area contributed by atoms with Crippen LogP contribution in [0.15, 0.2) is 114 Å². The van der Waals surface area contributed by atoms with E-state index in [9.17, 15) is 0 Å². The zero-order valence-corrected chi connectivity index (χ0v) is 15.2. The van der Waals surface area contributed by atoms with Crippen molar-refractivity contribution in [1.29, 1.82) is 0 Å². The maximum atomic E-state index is 4.88. The van der Waals surface area contributed by atoms with Crippen molar-refractivity contribution in [3.8, 4) is 11.1 Å². The van der Waals surface area contributed by atoms with Crippen LogP contribution in [-0.2, 0) is 0 Å². The van der Waals surface area contributed by atoms with Crippen LogP contribution in [0.25, 0.3) is 11.1 Å². The summed E-state index contributed by atoms with van der Waals surface area (Å²) in [5, 5.41) is 1.98. The zero-order valence-electron chi connectivity index (χ0n) is 15.2. The largest absolute Gasteiger partial charge is 0.229 e. The topological polar surface area (TPSA) is 29.7 Å². The van der Waals surface area contributed by atoms with Crippen molar-refractivity contribution < 1.29 is 0 Å². The lowest BCUT2D eigenvalue weighted by Crippen LogP contribution is -2.35. The molecule has 1 aliphatic rings. The standard InChI is InChI=1S/C25H18N3/c1-4-10-19(11-5-1)21-16-17-23-24(18-21)28(22-14-8-3-9-15-22)27-25(26-23)20-12-6-2-7-13-20/h1-18H. The highest BCUT2D eigenvalue weighted by Crippen LogP contribution is 2.39. The van der Waals surface area contributed by atoms with Gasteiger partial charge in [0.1, 0.15) is 0 Å². The van der Waals surface area contributed by atoms with Crippen LogP contribution < -0.4 is 10.4 Å². The van der Waals surface area contributed by atoms with Crippen molar-refractivity contribution in [3.05, 3.63) is 115 Å².